The van der Waals surface area contributed by atoms with Crippen molar-refractivity contribution in [1.82, 2.24) is 4.57 Å². The quantitative estimate of drug-likeness (QED) is 0.785. The van der Waals surface area contributed by atoms with Crippen molar-refractivity contribution in [2.75, 3.05) is 5.32 Å². The minimum Gasteiger partial charge on any atom is -0.338 e. The predicted octanol–water partition coefficient (Wildman–Crippen LogP) is 3.56. The van der Waals surface area contributed by atoms with E-state index in [0.29, 0.717) is 16.6 Å². The molecule has 0 aliphatic carbocycles. The topological polar surface area (TPSA) is 34.0 Å². The third kappa shape index (κ3) is 2.76. The van der Waals surface area contributed by atoms with E-state index in [4.69, 9.17) is 0 Å². The molecular weight excluding hydrogens is 274 g/mol. The van der Waals surface area contributed by atoms with E-state index in [1.165, 1.54) is 24.3 Å². The number of anilines is 1. The Labute approximate surface area is 119 Å². The van der Waals surface area contributed by atoms with Crippen LogP contribution in [0.4, 0.5) is 14.5 Å². The summed E-state index contributed by atoms with van der Waals surface area (Å²) in [6, 6.07) is 12.0. The maximum atomic E-state index is 13.6. The lowest BCUT2D eigenvalue weighted by atomic mass is 10.2. The van der Waals surface area contributed by atoms with E-state index < -0.39 is 5.82 Å². The first-order valence-corrected chi connectivity index (χ1v) is 6.42. The fraction of sp³-hybridized carbons (Fsp3) is 0.0625. The molecule has 0 fully saturated rings. The van der Waals surface area contributed by atoms with Crippen molar-refractivity contribution in [2.24, 2.45) is 0 Å². The van der Waals surface area contributed by atoms with Crippen molar-refractivity contribution in [3.63, 3.8) is 0 Å². The van der Waals surface area contributed by atoms with E-state index in [0.717, 1.165) is 0 Å². The molecule has 21 heavy (non-hydrogen) atoms. The van der Waals surface area contributed by atoms with Crippen LogP contribution in [0.3, 0.4) is 0 Å². The molecule has 0 saturated heterocycles. The second-order valence-electron chi connectivity index (χ2n) is 4.67. The number of halogens is 2. The van der Waals surface area contributed by atoms with E-state index in [1.54, 1.807) is 35.0 Å². The maximum Gasteiger partial charge on any atom is 0.244 e. The molecule has 0 bridgehead atoms. The number of fused-ring (bicyclic) bond motifs is 1. The Kier molecular flexibility index (Phi) is 3.39. The van der Waals surface area contributed by atoms with Crippen LogP contribution in [0, 0.1) is 11.6 Å². The highest BCUT2D eigenvalue weighted by atomic mass is 19.1. The number of carbonyl (C=O) groups excluding carboxylic acids is 1. The van der Waals surface area contributed by atoms with Crippen molar-refractivity contribution in [1.29, 1.82) is 0 Å². The number of carbonyl (C=O) groups is 1. The second kappa shape index (κ2) is 5.36. The highest BCUT2D eigenvalue weighted by Gasteiger charge is 2.09. The summed E-state index contributed by atoms with van der Waals surface area (Å²) >= 11 is 0. The van der Waals surface area contributed by atoms with Gasteiger partial charge in [-0.2, -0.15) is 0 Å². The lowest BCUT2D eigenvalue weighted by Gasteiger charge is -2.07. The van der Waals surface area contributed by atoms with Crippen LogP contribution in [0.25, 0.3) is 10.9 Å². The van der Waals surface area contributed by atoms with Gasteiger partial charge in [-0.3, -0.25) is 4.79 Å². The second-order valence-corrected chi connectivity index (χ2v) is 4.67. The van der Waals surface area contributed by atoms with Gasteiger partial charge in [0.05, 0.1) is 5.52 Å². The van der Waals surface area contributed by atoms with Crippen LogP contribution in [0.2, 0.25) is 0 Å². The first-order chi connectivity index (χ1) is 10.1. The fourth-order valence-electron chi connectivity index (χ4n) is 2.25. The molecule has 0 spiro atoms. The Morgan fingerprint density at radius 3 is 2.71 bits per heavy atom. The molecule has 0 unspecified atom stereocenters. The van der Waals surface area contributed by atoms with Crippen LogP contribution < -0.4 is 5.32 Å². The Morgan fingerprint density at radius 2 is 1.90 bits per heavy atom. The molecule has 1 heterocycles. The van der Waals surface area contributed by atoms with E-state index >= 15 is 0 Å². The molecule has 1 N–H and O–H groups in total. The van der Waals surface area contributed by atoms with Crippen molar-refractivity contribution in [3.8, 4) is 0 Å². The molecule has 0 radical (unpaired) electrons. The lowest BCUT2D eigenvalue weighted by Crippen LogP contribution is -2.18. The van der Waals surface area contributed by atoms with Crippen LogP contribution >= 0.6 is 0 Å². The lowest BCUT2D eigenvalue weighted by molar-refractivity contribution is -0.116. The largest absolute Gasteiger partial charge is 0.338 e. The Morgan fingerprint density at radius 1 is 1.10 bits per heavy atom. The van der Waals surface area contributed by atoms with Crippen LogP contribution in [-0.4, -0.2) is 10.5 Å². The molecule has 106 valence electrons. The van der Waals surface area contributed by atoms with Crippen LogP contribution in [0.15, 0.2) is 54.7 Å². The van der Waals surface area contributed by atoms with Crippen molar-refractivity contribution in [3.05, 3.63) is 66.4 Å². The molecule has 0 saturated carbocycles. The monoisotopic (exact) mass is 286 g/mol. The third-order valence-corrected chi connectivity index (χ3v) is 3.18. The van der Waals surface area contributed by atoms with Gasteiger partial charge in [0.1, 0.15) is 18.2 Å². The zero-order valence-electron chi connectivity index (χ0n) is 11.0. The maximum absolute atomic E-state index is 13.6. The molecule has 5 heteroatoms. The Hall–Kier alpha value is -2.69. The molecule has 3 rings (SSSR count). The third-order valence-electron chi connectivity index (χ3n) is 3.18. The van der Waals surface area contributed by atoms with Gasteiger partial charge < -0.3 is 9.88 Å². The van der Waals surface area contributed by atoms with Crippen molar-refractivity contribution >= 4 is 22.5 Å². The SMILES string of the molecule is O=C(Cn1ccc2c(F)cccc21)Nc1cccc(F)c1. The Bertz CT molecular complexity index is 811. The Balaban J connectivity index is 1.79. The summed E-state index contributed by atoms with van der Waals surface area (Å²) in [7, 11) is 0. The summed E-state index contributed by atoms with van der Waals surface area (Å²) in [5, 5.41) is 3.08. The summed E-state index contributed by atoms with van der Waals surface area (Å²) in [5.41, 5.74) is 1.03. The summed E-state index contributed by atoms with van der Waals surface area (Å²) < 4.78 is 28.3. The minimum atomic E-state index is -0.415. The molecule has 1 amide bonds. The van der Waals surface area contributed by atoms with Gasteiger partial charge in [0.15, 0.2) is 0 Å². The van der Waals surface area contributed by atoms with Gasteiger partial charge >= 0.3 is 0 Å². The van der Waals surface area contributed by atoms with E-state index in [1.807, 2.05) is 0 Å². The molecule has 3 aromatic rings. The van der Waals surface area contributed by atoms with Crippen LogP contribution in [-0.2, 0) is 11.3 Å². The number of rotatable bonds is 3. The standard InChI is InChI=1S/C16H12F2N2O/c17-11-3-1-4-12(9-11)19-16(21)10-20-8-7-13-14(18)5-2-6-15(13)20/h1-9H,10H2,(H,19,21). The minimum absolute atomic E-state index is 0.0312. The smallest absolute Gasteiger partial charge is 0.244 e. The summed E-state index contributed by atoms with van der Waals surface area (Å²) in [4.78, 5) is 12.0. The van der Waals surface area contributed by atoms with E-state index in [9.17, 15) is 13.6 Å². The molecule has 0 aliphatic rings. The summed E-state index contributed by atoms with van der Waals surface area (Å²) in [6.07, 6.45) is 1.65. The van der Waals surface area contributed by atoms with Gasteiger partial charge in [0.2, 0.25) is 5.91 Å². The molecule has 3 nitrogen and oxygen atoms in total. The van der Waals surface area contributed by atoms with Gasteiger partial charge in [-0.25, -0.2) is 8.78 Å². The van der Waals surface area contributed by atoms with Crippen molar-refractivity contribution < 1.29 is 13.6 Å². The summed E-state index contributed by atoms with van der Waals surface area (Å²) in [5.74, 6) is -1.04. The number of aromatic nitrogens is 1. The number of amides is 1. The average Bonchev–Trinajstić information content (AvgIpc) is 2.83. The zero-order chi connectivity index (χ0) is 14.8. The first kappa shape index (κ1) is 13.3. The van der Waals surface area contributed by atoms with Gasteiger partial charge in [-0.15, -0.1) is 0 Å². The molecular formula is C16H12F2N2O. The highest BCUT2D eigenvalue weighted by Crippen LogP contribution is 2.19. The predicted molar refractivity (Wildman–Crippen MR) is 76.9 cm³/mol. The molecule has 0 aliphatic heterocycles. The molecule has 2 aromatic carbocycles. The molecule has 0 atom stereocenters. The van der Waals surface area contributed by atoms with Gasteiger partial charge in [0, 0.05) is 17.3 Å². The van der Waals surface area contributed by atoms with E-state index in [2.05, 4.69) is 5.32 Å². The number of hydrogen-bond acceptors (Lipinski definition) is 1. The van der Waals surface area contributed by atoms with Crippen molar-refractivity contribution in [2.45, 2.75) is 6.54 Å². The average molecular weight is 286 g/mol. The van der Waals surface area contributed by atoms with E-state index in [-0.39, 0.29) is 18.3 Å². The van der Waals surface area contributed by atoms with Gasteiger partial charge in [-0.05, 0) is 36.4 Å². The highest BCUT2D eigenvalue weighted by molar-refractivity contribution is 5.92. The van der Waals surface area contributed by atoms with Gasteiger partial charge in [-0.1, -0.05) is 12.1 Å². The van der Waals surface area contributed by atoms with Crippen LogP contribution in [0.5, 0.6) is 0 Å². The van der Waals surface area contributed by atoms with Crippen LogP contribution in [0.1, 0.15) is 0 Å². The molecule has 1 aromatic heterocycles. The summed E-state index contributed by atoms with van der Waals surface area (Å²) in [6.45, 7) is 0.0312. The normalized spacial score (nSPS) is 10.8. The number of hydrogen-bond donors (Lipinski definition) is 1. The van der Waals surface area contributed by atoms with Gasteiger partial charge in [0.25, 0.3) is 0 Å². The number of nitrogens with zero attached hydrogens (tertiary/aromatic N) is 1. The first-order valence-electron chi connectivity index (χ1n) is 6.42. The number of benzene rings is 2. The number of nitrogens with one attached hydrogen (secondary N) is 1. The zero-order valence-corrected chi connectivity index (χ0v) is 11.0. The fourth-order valence-corrected chi connectivity index (χ4v) is 2.25.